The lowest BCUT2D eigenvalue weighted by atomic mass is 10.1. The van der Waals surface area contributed by atoms with Gasteiger partial charge >= 0.3 is 0 Å². The molecule has 1 rings (SSSR count). The van der Waals surface area contributed by atoms with Crippen LogP contribution < -0.4 is 5.73 Å². The molecule has 3 heteroatoms. The van der Waals surface area contributed by atoms with Gasteiger partial charge in [-0.3, -0.25) is 4.90 Å². The number of nitrogens with two attached hydrogens (primary N) is 1. The summed E-state index contributed by atoms with van der Waals surface area (Å²) in [4.78, 5) is 3.04. The zero-order valence-corrected chi connectivity index (χ0v) is 13.4. The number of nitrogens with zero attached hydrogens (tertiary/aromatic N) is 1. The van der Waals surface area contributed by atoms with Gasteiger partial charge in [0.05, 0.1) is 4.99 Å². The molecule has 0 spiro atoms. The SMILES string of the molecule is Cc1ccc(CN(CCC(N)=S)CC(C)C)cc1C. The number of hydrogen-bond donors (Lipinski definition) is 1. The highest BCUT2D eigenvalue weighted by Crippen LogP contribution is 2.13. The standard InChI is InChI=1S/C16H26N2S/c1-12(2)10-18(8-7-16(17)19)11-15-6-5-13(3)14(4)9-15/h5-6,9,12H,7-8,10-11H2,1-4H3,(H2,17,19). The van der Waals surface area contributed by atoms with Crippen molar-refractivity contribution in [1.29, 1.82) is 0 Å². The lowest BCUT2D eigenvalue weighted by Gasteiger charge is -2.24. The Hall–Kier alpha value is -0.930. The van der Waals surface area contributed by atoms with Crippen LogP contribution in [0.5, 0.6) is 0 Å². The van der Waals surface area contributed by atoms with E-state index in [9.17, 15) is 0 Å². The molecule has 0 aliphatic rings. The fourth-order valence-electron chi connectivity index (χ4n) is 2.18. The predicted octanol–water partition coefficient (Wildman–Crippen LogP) is 3.44. The minimum atomic E-state index is 0.605. The average Bonchev–Trinajstić information content (AvgIpc) is 2.30. The number of hydrogen-bond acceptors (Lipinski definition) is 2. The Bertz CT molecular complexity index is 427. The van der Waals surface area contributed by atoms with Crippen molar-refractivity contribution in [3.63, 3.8) is 0 Å². The van der Waals surface area contributed by atoms with Gasteiger partial charge in [-0.25, -0.2) is 0 Å². The Balaban J connectivity index is 2.69. The molecule has 2 N–H and O–H groups in total. The molecule has 1 aromatic carbocycles. The molecule has 2 nitrogen and oxygen atoms in total. The van der Waals surface area contributed by atoms with Gasteiger partial charge in [0.2, 0.25) is 0 Å². The molecule has 0 saturated carbocycles. The highest BCUT2D eigenvalue weighted by atomic mass is 32.1. The van der Waals surface area contributed by atoms with Crippen LogP contribution in [-0.4, -0.2) is 23.0 Å². The van der Waals surface area contributed by atoms with Crippen molar-refractivity contribution < 1.29 is 0 Å². The van der Waals surface area contributed by atoms with E-state index < -0.39 is 0 Å². The van der Waals surface area contributed by atoms with Gasteiger partial charge in [-0.2, -0.15) is 0 Å². The van der Waals surface area contributed by atoms with Crippen molar-refractivity contribution in [3.05, 3.63) is 34.9 Å². The molecule has 19 heavy (non-hydrogen) atoms. The van der Waals surface area contributed by atoms with Crippen molar-refractivity contribution in [2.45, 2.75) is 40.7 Å². The zero-order valence-electron chi connectivity index (χ0n) is 12.6. The molecule has 0 bridgehead atoms. The van der Waals surface area contributed by atoms with Crippen LogP contribution in [0, 0.1) is 19.8 Å². The quantitative estimate of drug-likeness (QED) is 0.775. The first-order chi connectivity index (χ1) is 8.88. The summed E-state index contributed by atoms with van der Waals surface area (Å²) in [6.45, 7) is 11.8. The largest absolute Gasteiger partial charge is 0.393 e. The second-order valence-corrected chi connectivity index (χ2v) is 6.29. The number of aryl methyl sites for hydroxylation is 2. The highest BCUT2D eigenvalue weighted by molar-refractivity contribution is 7.80. The second-order valence-electron chi connectivity index (χ2n) is 5.76. The smallest absolute Gasteiger partial charge is 0.0740 e. The molecule has 0 heterocycles. The third-order valence-electron chi connectivity index (χ3n) is 3.28. The Morgan fingerprint density at radius 2 is 1.95 bits per heavy atom. The maximum absolute atomic E-state index is 5.61. The first kappa shape index (κ1) is 16.1. The normalized spacial score (nSPS) is 11.3. The Morgan fingerprint density at radius 1 is 1.26 bits per heavy atom. The maximum atomic E-state index is 5.61. The summed E-state index contributed by atoms with van der Waals surface area (Å²) in [7, 11) is 0. The molecule has 106 valence electrons. The maximum Gasteiger partial charge on any atom is 0.0740 e. The van der Waals surface area contributed by atoms with Crippen LogP contribution in [0.1, 0.15) is 37.0 Å². The first-order valence-electron chi connectivity index (χ1n) is 6.95. The minimum Gasteiger partial charge on any atom is -0.393 e. The van der Waals surface area contributed by atoms with E-state index in [2.05, 4.69) is 50.8 Å². The summed E-state index contributed by atoms with van der Waals surface area (Å²) in [6.07, 6.45) is 0.799. The summed E-state index contributed by atoms with van der Waals surface area (Å²) in [6, 6.07) is 6.70. The third kappa shape index (κ3) is 6.17. The molecular formula is C16H26N2S. The van der Waals surface area contributed by atoms with E-state index in [1.54, 1.807) is 0 Å². The van der Waals surface area contributed by atoms with Crippen molar-refractivity contribution in [1.82, 2.24) is 4.90 Å². The Labute approximate surface area is 123 Å². The lowest BCUT2D eigenvalue weighted by molar-refractivity contribution is 0.243. The molecule has 0 fully saturated rings. The van der Waals surface area contributed by atoms with E-state index in [4.69, 9.17) is 18.0 Å². The topological polar surface area (TPSA) is 29.3 Å². The van der Waals surface area contributed by atoms with Gasteiger partial charge in [-0.05, 0) is 36.5 Å². The summed E-state index contributed by atoms with van der Waals surface area (Å²) in [5, 5.41) is 0. The first-order valence-corrected chi connectivity index (χ1v) is 7.36. The highest BCUT2D eigenvalue weighted by Gasteiger charge is 2.09. The van der Waals surface area contributed by atoms with E-state index in [0.717, 1.165) is 26.1 Å². The van der Waals surface area contributed by atoms with Crippen LogP contribution in [0.15, 0.2) is 18.2 Å². The van der Waals surface area contributed by atoms with Crippen LogP contribution in [0.4, 0.5) is 0 Å². The number of thiocarbonyl (C=S) groups is 1. The Morgan fingerprint density at radius 3 is 2.47 bits per heavy atom. The predicted molar refractivity (Wildman–Crippen MR) is 87.4 cm³/mol. The summed E-state index contributed by atoms with van der Waals surface area (Å²) < 4.78 is 0. The van der Waals surface area contributed by atoms with E-state index in [-0.39, 0.29) is 0 Å². The summed E-state index contributed by atoms with van der Waals surface area (Å²) in [5.74, 6) is 0.651. The van der Waals surface area contributed by atoms with Gasteiger partial charge in [0.25, 0.3) is 0 Å². The van der Waals surface area contributed by atoms with Crippen LogP contribution in [-0.2, 0) is 6.54 Å². The molecule has 0 saturated heterocycles. The fourth-order valence-corrected chi connectivity index (χ4v) is 2.27. The monoisotopic (exact) mass is 278 g/mol. The van der Waals surface area contributed by atoms with Gasteiger partial charge in [0.15, 0.2) is 0 Å². The fraction of sp³-hybridized carbons (Fsp3) is 0.562. The number of benzene rings is 1. The molecule has 0 unspecified atom stereocenters. The molecular weight excluding hydrogens is 252 g/mol. The minimum absolute atomic E-state index is 0.605. The molecule has 0 radical (unpaired) electrons. The Kier molecular flexibility index (Phi) is 6.46. The molecule has 0 aliphatic heterocycles. The van der Waals surface area contributed by atoms with Crippen LogP contribution in [0.3, 0.4) is 0 Å². The van der Waals surface area contributed by atoms with Crippen LogP contribution in [0.2, 0.25) is 0 Å². The van der Waals surface area contributed by atoms with Gasteiger partial charge < -0.3 is 5.73 Å². The second kappa shape index (κ2) is 7.61. The molecule has 0 atom stereocenters. The van der Waals surface area contributed by atoms with Gasteiger partial charge in [-0.1, -0.05) is 44.3 Å². The van der Waals surface area contributed by atoms with Crippen molar-refractivity contribution in [2.75, 3.05) is 13.1 Å². The number of rotatable bonds is 7. The van der Waals surface area contributed by atoms with Gasteiger partial charge in [-0.15, -0.1) is 0 Å². The molecule has 1 aromatic rings. The van der Waals surface area contributed by atoms with Crippen molar-refractivity contribution in [3.8, 4) is 0 Å². The van der Waals surface area contributed by atoms with Crippen molar-refractivity contribution >= 4 is 17.2 Å². The van der Waals surface area contributed by atoms with Gasteiger partial charge in [0.1, 0.15) is 0 Å². The summed E-state index contributed by atoms with van der Waals surface area (Å²) >= 11 is 4.98. The van der Waals surface area contributed by atoms with E-state index in [1.807, 2.05) is 0 Å². The molecule has 0 amide bonds. The van der Waals surface area contributed by atoms with E-state index in [0.29, 0.717) is 10.9 Å². The van der Waals surface area contributed by atoms with E-state index >= 15 is 0 Å². The third-order valence-corrected chi connectivity index (χ3v) is 3.48. The van der Waals surface area contributed by atoms with Gasteiger partial charge in [0, 0.05) is 26.1 Å². The molecule has 0 aromatic heterocycles. The van der Waals surface area contributed by atoms with Crippen LogP contribution >= 0.6 is 12.2 Å². The summed E-state index contributed by atoms with van der Waals surface area (Å²) in [5.41, 5.74) is 9.69. The lowest BCUT2D eigenvalue weighted by Crippen LogP contribution is -2.30. The molecule has 0 aliphatic carbocycles. The average molecular weight is 278 g/mol. The van der Waals surface area contributed by atoms with Crippen molar-refractivity contribution in [2.24, 2.45) is 11.7 Å². The zero-order chi connectivity index (χ0) is 14.4. The van der Waals surface area contributed by atoms with E-state index in [1.165, 1.54) is 16.7 Å². The van der Waals surface area contributed by atoms with Crippen LogP contribution in [0.25, 0.3) is 0 Å².